The highest BCUT2D eigenvalue weighted by Gasteiger charge is 2.48. The van der Waals surface area contributed by atoms with Crippen LogP contribution < -0.4 is 4.74 Å². The SMILES string of the molecule is COc1cccc(CCC(=O)N2CCC3(CCC(=O)N3OCc3ccccc3)CC2)c1. The molecule has 2 aromatic rings. The minimum Gasteiger partial charge on any atom is -0.497 e. The van der Waals surface area contributed by atoms with Gasteiger partial charge in [-0.1, -0.05) is 42.5 Å². The van der Waals surface area contributed by atoms with E-state index in [0.717, 1.165) is 36.1 Å². The molecular formula is C25H30N2O4. The average molecular weight is 423 g/mol. The maximum absolute atomic E-state index is 12.8. The number of ether oxygens (including phenoxy) is 1. The standard InChI is InChI=1S/C25H30N2O4/c1-30-22-9-5-8-20(18-22)10-11-23(28)26-16-14-25(15-17-26)13-12-24(29)27(25)31-19-21-6-3-2-4-7-21/h2-9,18H,10-17,19H2,1H3. The fourth-order valence-corrected chi connectivity index (χ4v) is 4.59. The highest BCUT2D eigenvalue weighted by molar-refractivity contribution is 5.79. The summed E-state index contributed by atoms with van der Waals surface area (Å²) in [5.41, 5.74) is 1.86. The smallest absolute Gasteiger partial charge is 0.246 e. The third kappa shape index (κ3) is 4.90. The lowest BCUT2D eigenvalue weighted by Gasteiger charge is -2.43. The van der Waals surface area contributed by atoms with Crippen LogP contribution in [0.2, 0.25) is 0 Å². The monoisotopic (exact) mass is 422 g/mol. The summed E-state index contributed by atoms with van der Waals surface area (Å²) in [6.45, 7) is 1.71. The summed E-state index contributed by atoms with van der Waals surface area (Å²) in [6.07, 6.45) is 4.01. The molecule has 2 fully saturated rings. The molecule has 2 aliphatic rings. The molecule has 31 heavy (non-hydrogen) atoms. The van der Waals surface area contributed by atoms with Crippen LogP contribution in [0.4, 0.5) is 0 Å². The number of carbonyl (C=O) groups is 2. The van der Waals surface area contributed by atoms with E-state index < -0.39 is 0 Å². The van der Waals surface area contributed by atoms with Crippen molar-refractivity contribution in [3.8, 4) is 5.75 Å². The largest absolute Gasteiger partial charge is 0.497 e. The molecule has 0 unspecified atom stereocenters. The Morgan fingerprint density at radius 3 is 2.48 bits per heavy atom. The Labute approximate surface area is 183 Å². The number of piperidine rings is 1. The Balaban J connectivity index is 1.31. The number of hydrogen-bond acceptors (Lipinski definition) is 4. The van der Waals surface area contributed by atoms with Gasteiger partial charge in [-0.3, -0.25) is 14.4 Å². The Hall–Kier alpha value is -2.86. The second kappa shape index (κ2) is 9.52. The number of likely N-dealkylation sites (tertiary alicyclic amines) is 1. The average Bonchev–Trinajstić information content (AvgIpc) is 3.12. The summed E-state index contributed by atoms with van der Waals surface area (Å²) in [7, 11) is 1.65. The fourth-order valence-electron chi connectivity index (χ4n) is 4.59. The van der Waals surface area contributed by atoms with Crippen LogP contribution in [-0.4, -0.2) is 47.5 Å². The number of rotatable bonds is 7. The Morgan fingerprint density at radius 1 is 1.00 bits per heavy atom. The summed E-state index contributed by atoms with van der Waals surface area (Å²) in [4.78, 5) is 33.2. The van der Waals surface area contributed by atoms with Crippen molar-refractivity contribution in [2.75, 3.05) is 20.2 Å². The van der Waals surface area contributed by atoms with Crippen molar-refractivity contribution in [1.82, 2.24) is 9.96 Å². The molecule has 4 rings (SSSR count). The van der Waals surface area contributed by atoms with Gasteiger partial charge in [0.25, 0.3) is 0 Å². The number of amides is 2. The Bertz CT molecular complexity index is 907. The summed E-state index contributed by atoms with van der Waals surface area (Å²) in [5.74, 6) is 1.03. The number of hydroxylamine groups is 2. The highest BCUT2D eigenvalue weighted by Crippen LogP contribution is 2.39. The van der Waals surface area contributed by atoms with Gasteiger partial charge in [0.05, 0.1) is 12.6 Å². The van der Waals surface area contributed by atoms with Crippen molar-refractivity contribution in [3.63, 3.8) is 0 Å². The molecule has 6 heteroatoms. The zero-order valence-electron chi connectivity index (χ0n) is 18.1. The van der Waals surface area contributed by atoms with E-state index in [-0.39, 0.29) is 17.4 Å². The van der Waals surface area contributed by atoms with Crippen LogP contribution in [0.25, 0.3) is 0 Å². The number of nitrogens with zero attached hydrogens (tertiary/aromatic N) is 2. The minimum absolute atomic E-state index is 0.0498. The third-order valence-electron chi connectivity index (χ3n) is 6.47. The van der Waals surface area contributed by atoms with Crippen molar-refractivity contribution < 1.29 is 19.2 Å². The first kappa shape index (κ1) is 21.4. The van der Waals surface area contributed by atoms with E-state index in [1.54, 1.807) is 12.2 Å². The molecule has 0 aromatic heterocycles. The molecule has 2 amide bonds. The molecular weight excluding hydrogens is 392 g/mol. The lowest BCUT2D eigenvalue weighted by Crippen LogP contribution is -2.54. The maximum Gasteiger partial charge on any atom is 0.246 e. The van der Waals surface area contributed by atoms with Crippen LogP contribution in [-0.2, 0) is 27.5 Å². The second-order valence-corrected chi connectivity index (χ2v) is 8.40. The number of aryl methyl sites for hydroxylation is 1. The normalized spacial score (nSPS) is 17.9. The lowest BCUT2D eigenvalue weighted by molar-refractivity contribution is -0.222. The molecule has 0 saturated carbocycles. The molecule has 0 radical (unpaired) electrons. The molecule has 0 bridgehead atoms. The van der Waals surface area contributed by atoms with E-state index >= 15 is 0 Å². The van der Waals surface area contributed by atoms with Gasteiger partial charge in [-0.05, 0) is 48.9 Å². The highest BCUT2D eigenvalue weighted by atomic mass is 16.7. The topological polar surface area (TPSA) is 59.1 Å². The van der Waals surface area contributed by atoms with Crippen LogP contribution in [0.5, 0.6) is 5.75 Å². The van der Waals surface area contributed by atoms with Crippen LogP contribution >= 0.6 is 0 Å². The molecule has 2 aromatic carbocycles. The quantitative estimate of drug-likeness (QED) is 0.682. The van der Waals surface area contributed by atoms with Gasteiger partial charge >= 0.3 is 0 Å². The molecule has 0 aliphatic carbocycles. The summed E-state index contributed by atoms with van der Waals surface area (Å²) < 4.78 is 5.26. The van der Waals surface area contributed by atoms with Gasteiger partial charge in [0.2, 0.25) is 11.8 Å². The zero-order valence-corrected chi connectivity index (χ0v) is 18.1. The molecule has 2 saturated heterocycles. The maximum atomic E-state index is 12.8. The van der Waals surface area contributed by atoms with Crippen LogP contribution in [0, 0.1) is 0 Å². The van der Waals surface area contributed by atoms with E-state index in [9.17, 15) is 9.59 Å². The molecule has 164 valence electrons. The van der Waals surface area contributed by atoms with E-state index in [0.29, 0.717) is 39.0 Å². The first-order chi connectivity index (χ1) is 15.1. The number of hydrogen-bond donors (Lipinski definition) is 0. The first-order valence-corrected chi connectivity index (χ1v) is 11.0. The van der Waals surface area contributed by atoms with Gasteiger partial charge < -0.3 is 9.64 Å². The molecule has 2 heterocycles. The molecule has 0 N–H and O–H groups in total. The minimum atomic E-state index is -0.282. The number of carbonyl (C=O) groups excluding carboxylic acids is 2. The van der Waals surface area contributed by atoms with Gasteiger partial charge in [-0.15, -0.1) is 0 Å². The van der Waals surface area contributed by atoms with E-state index in [1.807, 2.05) is 59.5 Å². The van der Waals surface area contributed by atoms with Crippen LogP contribution in [0.15, 0.2) is 54.6 Å². The van der Waals surface area contributed by atoms with Gasteiger partial charge in [-0.2, -0.15) is 0 Å². The van der Waals surface area contributed by atoms with Gasteiger partial charge in [-0.25, -0.2) is 5.06 Å². The van der Waals surface area contributed by atoms with Crippen molar-refractivity contribution >= 4 is 11.8 Å². The van der Waals surface area contributed by atoms with E-state index in [2.05, 4.69) is 0 Å². The van der Waals surface area contributed by atoms with Gasteiger partial charge in [0.15, 0.2) is 0 Å². The number of benzene rings is 2. The molecule has 6 nitrogen and oxygen atoms in total. The Morgan fingerprint density at radius 2 is 1.74 bits per heavy atom. The second-order valence-electron chi connectivity index (χ2n) is 8.40. The molecule has 1 spiro atoms. The van der Waals surface area contributed by atoms with Crippen molar-refractivity contribution in [2.45, 2.75) is 50.7 Å². The van der Waals surface area contributed by atoms with Crippen LogP contribution in [0.3, 0.4) is 0 Å². The van der Waals surface area contributed by atoms with Gasteiger partial charge in [0, 0.05) is 25.9 Å². The zero-order chi connectivity index (χ0) is 21.7. The predicted molar refractivity (Wildman–Crippen MR) is 117 cm³/mol. The summed E-state index contributed by atoms with van der Waals surface area (Å²) in [6, 6.07) is 17.7. The van der Waals surface area contributed by atoms with Crippen molar-refractivity contribution in [3.05, 3.63) is 65.7 Å². The Kier molecular flexibility index (Phi) is 6.56. The fraction of sp³-hybridized carbons (Fsp3) is 0.440. The lowest BCUT2D eigenvalue weighted by atomic mass is 9.86. The summed E-state index contributed by atoms with van der Waals surface area (Å²) >= 11 is 0. The van der Waals surface area contributed by atoms with Crippen molar-refractivity contribution in [2.24, 2.45) is 0 Å². The number of methoxy groups -OCH3 is 1. The predicted octanol–water partition coefficient (Wildman–Crippen LogP) is 3.74. The van der Waals surface area contributed by atoms with Gasteiger partial charge in [0.1, 0.15) is 12.4 Å². The van der Waals surface area contributed by atoms with E-state index in [1.165, 1.54) is 0 Å². The summed E-state index contributed by atoms with van der Waals surface area (Å²) in [5, 5.41) is 1.62. The molecule has 0 atom stereocenters. The first-order valence-electron chi connectivity index (χ1n) is 11.0. The third-order valence-corrected chi connectivity index (χ3v) is 6.47. The van der Waals surface area contributed by atoms with Crippen LogP contribution in [0.1, 0.15) is 43.2 Å². The molecule has 2 aliphatic heterocycles. The van der Waals surface area contributed by atoms with E-state index in [4.69, 9.17) is 9.57 Å². The van der Waals surface area contributed by atoms with Crippen molar-refractivity contribution in [1.29, 1.82) is 0 Å².